The Balaban J connectivity index is 2.68. The standard InChI is InChI=1S/C13H24N2OS/c1-8(2)10(11(14)17)15-12(16)9-6-5-7-13(9,3)4/h8-10H,5-7H2,1-4H3,(H2,14,17)(H,15,16). The molecule has 4 heteroatoms. The number of thiocarbonyl (C=S) groups is 1. The SMILES string of the molecule is CC(C)C(NC(=O)C1CCCC1(C)C)C(N)=S. The van der Waals surface area contributed by atoms with Gasteiger partial charge in [0, 0.05) is 5.92 Å². The van der Waals surface area contributed by atoms with Gasteiger partial charge >= 0.3 is 0 Å². The summed E-state index contributed by atoms with van der Waals surface area (Å²) in [6.45, 7) is 8.36. The Kier molecular flexibility index (Phi) is 4.53. The quantitative estimate of drug-likeness (QED) is 0.759. The summed E-state index contributed by atoms with van der Waals surface area (Å²) in [5, 5.41) is 3.01. The molecule has 0 bridgehead atoms. The molecule has 0 radical (unpaired) electrons. The van der Waals surface area contributed by atoms with Gasteiger partial charge < -0.3 is 11.1 Å². The highest BCUT2D eigenvalue weighted by molar-refractivity contribution is 7.80. The fraction of sp³-hybridized carbons (Fsp3) is 0.846. The maximum absolute atomic E-state index is 12.3. The molecule has 17 heavy (non-hydrogen) atoms. The van der Waals surface area contributed by atoms with Crippen molar-refractivity contribution in [2.45, 2.75) is 53.0 Å². The van der Waals surface area contributed by atoms with E-state index in [-0.39, 0.29) is 29.2 Å². The van der Waals surface area contributed by atoms with Gasteiger partial charge in [-0.2, -0.15) is 0 Å². The topological polar surface area (TPSA) is 55.1 Å². The largest absolute Gasteiger partial charge is 0.392 e. The van der Waals surface area contributed by atoms with Crippen molar-refractivity contribution in [2.75, 3.05) is 0 Å². The first kappa shape index (κ1) is 14.4. The van der Waals surface area contributed by atoms with Crippen LogP contribution in [0.2, 0.25) is 0 Å². The lowest BCUT2D eigenvalue weighted by Crippen LogP contribution is -2.50. The van der Waals surface area contributed by atoms with Gasteiger partial charge in [-0.15, -0.1) is 0 Å². The zero-order valence-electron chi connectivity index (χ0n) is 11.2. The maximum Gasteiger partial charge on any atom is 0.224 e. The molecule has 0 aromatic rings. The number of hydrogen-bond acceptors (Lipinski definition) is 2. The Morgan fingerprint density at radius 2 is 2.06 bits per heavy atom. The minimum atomic E-state index is -0.186. The van der Waals surface area contributed by atoms with Crippen LogP contribution in [0.15, 0.2) is 0 Å². The molecule has 1 saturated carbocycles. The lowest BCUT2D eigenvalue weighted by atomic mass is 9.81. The summed E-state index contributed by atoms with van der Waals surface area (Å²) in [5.74, 6) is 0.443. The number of hydrogen-bond donors (Lipinski definition) is 2. The first-order valence-corrected chi connectivity index (χ1v) is 6.76. The van der Waals surface area contributed by atoms with Crippen LogP contribution in [0, 0.1) is 17.3 Å². The fourth-order valence-electron chi connectivity index (χ4n) is 2.63. The van der Waals surface area contributed by atoms with Gasteiger partial charge in [-0.3, -0.25) is 4.79 Å². The van der Waals surface area contributed by atoms with E-state index in [1.54, 1.807) is 0 Å². The van der Waals surface area contributed by atoms with Crippen LogP contribution in [0.1, 0.15) is 47.0 Å². The van der Waals surface area contributed by atoms with Gasteiger partial charge in [0.2, 0.25) is 5.91 Å². The van der Waals surface area contributed by atoms with Crippen molar-refractivity contribution in [1.29, 1.82) is 0 Å². The van der Waals surface area contributed by atoms with E-state index in [2.05, 4.69) is 19.2 Å². The molecule has 98 valence electrons. The molecule has 0 aromatic heterocycles. The number of amides is 1. The molecule has 1 fully saturated rings. The minimum absolute atomic E-state index is 0.0955. The second kappa shape index (κ2) is 5.34. The van der Waals surface area contributed by atoms with Crippen molar-refractivity contribution in [3.05, 3.63) is 0 Å². The van der Waals surface area contributed by atoms with Crippen LogP contribution in [0.5, 0.6) is 0 Å². The Morgan fingerprint density at radius 3 is 2.41 bits per heavy atom. The first-order chi connectivity index (χ1) is 7.75. The molecule has 0 spiro atoms. The summed E-state index contributed by atoms with van der Waals surface area (Å²) < 4.78 is 0. The van der Waals surface area contributed by atoms with Gasteiger partial charge in [-0.1, -0.05) is 46.3 Å². The Bertz CT molecular complexity index is 313. The highest BCUT2D eigenvalue weighted by Crippen LogP contribution is 2.42. The fourth-order valence-corrected chi connectivity index (χ4v) is 2.96. The van der Waals surface area contributed by atoms with Crippen molar-refractivity contribution in [3.8, 4) is 0 Å². The van der Waals surface area contributed by atoms with Crippen LogP contribution in [-0.4, -0.2) is 16.9 Å². The molecule has 3 N–H and O–H groups in total. The average molecular weight is 256 g/mol. The zero-order valence-corrected chi connectivity index (χ0v) is 12.1. The van der Waals surface area contributed by atoms with E-state index in [1.165, 1.54) is 0 Å². The van der Waals surface area contributed by atoms with Crippen LogP contribution in [0.4, 0.5) is 0 Å². The zero-order chi connectivity index (χ0) is 13.2. The molecule has 1 aliphatic rings. The second-order valence-corrected chi connectivity index (χ2v) is 6.54. The lowest BCUT2D eigenvalue weighted by molar-refractivity contribution is -0.128. The second-order valence-electron chi connectivity index (χ2n) is 6.07. The highest BCUT2D eigenvalue weighted by Gasteiger charge is 2.40. The number of nitrogens with two attached hydrogens (primary N) is 1. The highest BCUT2D eigenvalue weighted by atomic mass is 32.1. The van der Waals surface area contributed by atoms with Gasteiger partial charge in [0.15, 0.2) is 0 Å². The van der Waals surface area contributed by atoms with Crippen molar-refractivity contribution < 1.29 is 4.79 Å². The molecule has 2 atom stereocenters. The van der Waals surface area contributed by atoms with E-state index in [4.69, 9.17) is 18.0 Å². The van der Waals surface area contributed by atoms with E-state index in [0.717, 1.165) is 19.3 Å². The summed E-state index contributed by atoms with van der Waals surface area (Å²) in [5.41, 5.74) is 5.77. The number of rotatable bonds is 4. The van der Waals surface area contributed by atoms with Crippen LogP contribution in [0.3, 0.4) is 0 Å². The lowest BCUT2D eigenvalue weighted by Gasteiger charge is -2.29. The molecule has 1 aliphatic carbocycles. The van der Waals surface area contributed by atoms with Crippen molar-refractivity contribution in [2.24, 2.45) is 23.0 Å². The minimum Gasteiger partial charge on any atom is -0.392 e. The van der Waals surface area contributed by atoms with Gasteiger partial charge in [0.1, 0.15) is 0 Å². The Morgan fingerprint density at radius 1 is 1.47 bits per heavy atom. The summed E-state index contributed by atoms with van der Waals surface area (Å²) in [7, 11) is 0. The summed E-state index contributed by atoms with van der Waals surface area (Å²) in [6, 6.07) is -0.186. The molecule has 0 aliphatic heterocycles. The summed E-state index contributed by atoms with van der Waals surface area (Å²) >= 11 is 5.01. The van der Waals surface area contributed by atoms with E-state index >= 15 is 0 Å². The molecule has 0 aromatic carbocycles. The molecule has 1 amide bonds. The van der Waals surface area contributed by atoms with Crippen molar-refractivity contribution in [1.82, 2.24) is 5.32 Å². The molecule has 2 unspecified atom stereocenters. The predicted molar refractivity (Wildman–Crippen MR) is 74.7 cm³/mol. The van der Waals surface area contributed by atoms with E-state index < -0.39 is 0 Å². The molecule has 0 saturated heterocycles. The van der Waals surface area contributed by atoms with E-state index in [9.17, 15) is 4.79 Å². The van der Waals surface area contributed by atoms with Gasteiger partial charge in [-0.25, -0.2) is 0 Å². The predicted octanol–water partition coefficient (Wildman–Crippen LogP) is 2.24. The van der Waals surface area contributed by atoms with Crippen molar-refractivity contribution in [3.63, 3.8) is 0 Å². The number of nitrogens with one attached hydrogen (secondary N) is 1. The van der Waals surface area contributed by atoms with Gasteiger partial charge in [-0.05, 0) is 24.2 Å². The van der Waals surface area contributed by atoms with Crippen molar-refractivity contribution >= 4 is 23.1 Å². The van der Waals surface area contributed by atoms with E-state index in [1.807, 2.05) is 13.8 Å². The van der Waals surface area contributed by atoms with Gasteiger partial charge in [0.25, 0.3) is 0 Å². The molecular formula is C13H24N2OS. The normalized spacial score (nSPS) is 24.6. The monoisotopic (exact) mass is 256 g/mol. The number of carbonyl (C=O) groups excluding carboxylic acids is 1. The molecule has 0 heterocycles. The summed E-state index contributed by atoms with van der Waals surface area (Å²) in [6.07, 6.45) is 3.22. The first-order valence-electron chi connectivity index (χ1n) is 6.35. The third kappa shape index (κ3) is 3.41. The van der Waals surface area contributed by atoms with Crippen LogP contribution in [0.25, 0.3) is 0 Å². The maximum atomic E-state index is 12.3. The molecule has 1 rings (SSSR count). The molecule has 3 nitrogen and oxygen atoms in total. The average Bonchev–Trinajstić information content (AvgIpc) is 2.53. The van der Waals surface area contributed by atoms with E-state index in [0.29, 0.717) is 4.99 Å². The third-order valence-electron chi connectivity index (χ3n) is 3.84. The van der Waals surface area contributed by atoms with Crippen LogP contribution in [-0.2, 0) is 4.79 Å². The van der Waals surface area contributed by atoms with Gasteiger partial charge in [0.05, 0.1) is 11.0 Å². The smallest absolute Gasteiger partial charge is 0.224 e. The van der Waals surface area contributed by atoms with Crippen LogP contribution < -0.4 is 11.1 Å². The number of carbonyl (C=O) groups is 1. The summed E-state index contributed by atoms with van der Waals surface area (Å²) in [4.78, 5) is 12.6. The third-order valence-corrected chi connectivity index (χ3v) is 4.10. The molecular weight excluding hydrogens is 232 g/mol. The Hall–Kier alpha value is -0.640. The van der Waals surface area contributed by atoms with Crippen LogP contribution >= 0.6 is 12.2 Å². The Labute approximate surface area is 110 Å².